The Morgan fingerprint density at radius 1 is 0.722 bits per heavy atom. The predicted octanol–water partition coefficient (Wildman–Crippen LogP) is 7.54. The second kappa shape index (κ2) is 25.4. The average molecular weight is 510 g/mol. The Hall–Kier alpha value is -1.30. The van der Waals surface area contributed by atoms with Gasteiger partial charge in [0, 0.05) is 25.9 Å². The van der Waals surface area contributed by atoms with Crippen molar-refractivity contribution in [1.82, 2.24) is 4.90 Å². The van der Waals surface area contributed by atoms with Gasteiger partial charge in [-0.25, -0.2) is 0 Å². The number of aliphatic hydroxyl groups is 2. The van der Waals surface area contributed by atoms with E-state index in [0.29, 0.717) is 13.1 Å². The zero-order valence-electron chi connectivity index (χ0n) is 23.9. The Balaban J connectivity index is 4.34. The van der Waals surface area contributed by atoms with Gasteiger partial charge in [-0.1, -0.05) is 65.2 Å². The van der Waals surface area contributed by atoms with E-state index in [2.05, 4.69) is 38.5 Å². The minimum atomic E-state index is -0.408. The van der Waals surface area contributed by atoms with Gasteiger partial charge < -0.3 is 19.7 Å². The number of rotatable bonds is 28. The molecule has 2 atom stereocenters. The fourth-order valence-corrected chi connectivity index (χ4v) is 4.19. The van der Waals surface area contributed by atoms with E-state index in [-0.39, 0.29) is 0 Å². The summed E-state index contributed by atoms with van der Waals surface area (Å²) in [7, 11) is 0. The minimum Gasteiger partial charge on any atom is -0.499 e. The third-order valence-electron chi connectivity index (χ3n) is 6.41. The first-order valence-corrected chi connectivity index (χ1v) is 14.7. The molecule has 0 aromatic heterocycles. The molecule has 0 amide bonds. The van der Waals surface area contributed by atoms with Crippen molar-refractivity contribution in [2.24, 2.45) is 0 Å². The van der Waals surface area contributed by atoms with Crippen LogP contribution in [-0.4, -0.2) is 60.2 Å². The molecule has 0 saturated carbocycles. The Labute approximate surface area is 223 Å². The summed E-state index contributed by atoms with van der Waals surface area (Å²) in [4.78, 5) is 2.23. The van der Waals surface area contributed by atoms with Crippen molar-refractivity contribution in [3.8, 4) is 0 Å². The van der Waals surface area contributed by atoms with Crippen molar-refractivity contribution in [2.75, 3.05) is 32.8 Å². The van der Waals surface area contributed by atoms with Crippen molar-refractivity contribution in [3.63, 3.8) is 0 Å². The highest BCUT2D eigenvalue weighted by Crippen LogP contribution is 2.14. The molecule has 0 radical (unpaired) electrons. The van der Waals surface area contributed by atoms with Crippen LogP contribution in [0.4, 0.5) is 0 Å². The molecule has 0 saturated heterocycles. The lowest BCUT2D eigenvalue weighted by Crippen LogP contribution is -2.38. The van der Waals surface area contributed by atoms with E-state index in [0.717, 1.165) is 108 Å². The Morgan fingerprint density at radius 2 is 1.22 bits per heavy atom. The number of nitrogens with zero attached hydrogens (tertiary/aromatic N) is 1. The van der Waals surface area contributed by atoms with Crippen molar-refractivity contribution in [3.05, 3.63) is 37.3 Å². The summed E-state index contributed by atoms with van der Waals surface area (Å²) in [5.41, 5.74) is 0. The van der Waals surface area contributed by atoms with Gasteiger partial charge in [-0.3, -0.25) is 4.90 Å². The van der Waals surface area contributed by atoms with Crippen molar-refractivity contribution >= 4 is 0 Å². The molecule has 2 unspecified atom stereocenters. The van der Waals surface area contributed by atoms with E-state index < -0.39 is 12.2 Å². The predicted molar refractivity (Wildman–Crippen MR) is 154 cm³/mol. The number of hydrogen-bond acceptors (Lipinski definition) is 5. The molecule has 5 nitrogen and oxygen atoms in total. The second-order valence-corrected chi connectivity index (χ2v) is 10.2. The summed E-state index contributed by atoms with van der Waals surface area (Å²) in [6.07, 6.45) is 17.2. The van der Waals surface area contributed by atoms with Crippen LogP contribution < -0.4 is 0 Å². The summed E-state index contributed by atoms with van der Waals surface area (Å²) in [5.74, 6) is 1.65. The van der Waals surface area contributed by atoms with Crippen LogP contribution >= 0.6 is 0 Å². The first-order chi connectivity index (χ1) is 17.4. The molecule has 0 rings (SSSR count). The largest absolute Gasteiger partial charge is 0.499 e. The fraction of sp³-hybridized carbons (Fsp3) is 0.806. The van der Waals surface area contributed by atoms with Crippen LogP contribution in [0.3, 0.4) is 0 Å². The maximum atomic E-state index is 10.7. The van der Waals surface area contributed by atoms with Crippen LogP contribution in [-0.2, 0) is 9.47 Å². The van der Waals surface area contributed by atoms with Crippen molar-refractivity contribution in [2.45, 2.75) is 129 Å². The molecule has 0 fully saturated rings. The van der Waals surface area contributed by atoms with Gasteiger partial charge in [-0.2, -0.15) is 0 Å². The number of hydrogen-bond donors (Lipinski definition) is 2. The van der Waals surface area contributed by atoms with E-state index in [1.165, 1.54) is 25.7 Å². The summed E-state index contributed by atoms with van der Waals surface area (Å²) < 4.78 is 11.4. The molecule has 5 heteroatoms. The van der Waals surface area contributed by atoms with Crippen LogP contribution in [0, 0.1) is 0 Å². The Bertz CT molecular complexity index is 499. The third-order valence-corrected chi connectivity index (χ3v) is 6.41. The smallest absolute Gasteiger partial charge is 0.0888 e. The van der Waals surface area contributed by atoms with Crippen LogP contribution in [0.15, 0.2) is 37.3 Å². The fourth-order valence-electron chi connectivity index (χ4n) is 4.19. The average Bonchev–Trinajstić information content (AvgIpc) is 2.84. The monoisotopic (exact) mass is 509 g/mol. The zero-order chi connectivity index (χ0) is 26.9. The summed E-state index contributed by atoms with van der Waals surface area (Å²) >= 11 is 0. The van der Waals surface area contributed by atoms with E-state index in [4.69, 9.17) is 9.47 Å². The molecule has 0 aromatic carbocycles. The van der Waals surface area contributed by atoms with Gasteiger partial charge >= 0.3 is 0 Å². The SMILES string of the molecule is C=CCCCCCN(CC(O)CCCC(=C)OCCCCC)CC(O)CCCC(=C)OCCCCC. The van der Waals surface area contributed by atoms with Gasteiger partial charge in [0.2, 0.25) is 0 Å². The molecule has 36 heavy (non-hydrogen) atoms. The van der Waals surface area contributed by atoms with Gasteiger partial charge in [0.05, 0.1) is 36.9 Å². The highest BCUT2D eigenvalue weighted by molar-refractivity contribution is 4.84. The number of unbranched alkanes of at least 4 members (excludes halogenated alkanes) is 7. The highest BCUT2D eigenvalue weighted by Gasteiger charge is 2.16. The Morgan fingerprint density at radius 3 is 1.67 bits per heavy atom. The molecule has 0 spiro atoms. The third kappa shape index (κ3) is 23.1. The van der Waals surface area contributed by atoms with Crippen LogP contribution in [0.2, 0.25) is 0 Å². The topological polar surface area (TPSA) is 62.2 Å². The van der Waals surface area contributed by atoms with Gasteiger partial charge in [0.25, 0.3) is 0 Å². The molecule has 0 aliphatic heterocycles. The lowest BCUT2D eigenvalue weighted by atomic mass is 10.1. The van der Waals surface area contributed by atoms with Crippen LogP contribution in [0.5, 0.6) is 0 Å². The van der Waals surface area contributed by atoms with Crippen molar-refractivity contribution < 1.29 is 19.7 Å². The summed E-state index contributed by atoms with van der Waals surface area (Å²) in [6, 6.07) is 0. The van der Waals surface area contributed by atoms with Gasteiger partial charge in [0.1, 0.15) is 0 Å². The highest BCUT2D eigenvalue weighted by atomic mass is 16.5. The molecule has 0 heterocycles. The van der Waals surface area contributed by atoms with Gasteiger partial charge in [0.15, 0.2) is 0 Å². The minimum absolute atomic E-state index is 0.408. The quantitative estimate of drug-likeness (QED) is 0.0648. The first-order valence-electron chi connectivity index (χ1n) is 14.7. The molecular weight excluding hydrogens is 450 g/mol. The van der Waals surface area contributed by atoms with E-state index in [9.17, 15) is 10.2 Å². The first kappa shape index (κ1) is 34.7. The number of allylic oxidation sites excluding steroid dienone is 3. The zero-order valence-corrected chi connectivity index (χ0v) is 23.9. The molecule has 0 aliphatic rings. The van der Waals surface area contributed by atoms with Crippen molar-refractivity contribution in [1.29, 1.82) is 0 Å². The standard InChI is InChI=1S/C31H59NO4/c1-6-9-12-13-14-23-32(26-30(33)21-17-19-28(4)35-24-15-10-7-2)27-31(34)22-18-20-29(5)36-25-16-11-8-3/h6,30-31,33-34H,1,4-5,7-27H2,2-3H3. The van der Waals surface area contributed by atoms with Crippen LogP contribution in [0.25, 0.3) is 0 Å². The second-order valence-electron chi connectivity index (χ2n) is 10.2. The van der Waals surface area contributed by atoms with Gasteiger partial charge in [-0.15, -0.1) is 6.58 Å². The molecule has 2 N–H and O–H groups in total. The van der Waals surface area contributed by atoms with E-state index in [1.54, 1.807) is 0 Å². The lowest BCUT2D eigenvalue weighted by Gasteiger charge is -2.27. The molecular formula is C31H59NO4. The van der Waals surface area contributed by atoms with E-state index >= 15 is 0 Å². The maximum Gasteiger partial charge on any atom is 0.0888 e. The molecule has 0 aromatic rings. The molecule has 0 aliphatic carbocycles. The van der Waals surface area contributed by atoms with Crippen LogP contribution in [0.1, 0.15) is 117 Å². The lowest BCUT2D eigenvalue weighted by molar-refractivity contribution is 0.0591. The van der Waals surface area contributed by atoms with Gasteiger partial charge in [-0.05, 0) is 64.3 Å². The summed E-state index contributed by atoms with van der Waals surface area (Å²) in [6.45, 7) is 19.7. The normalized spacial score (nSPS) is 12.9. The number of aliphatic hydroxyl groups excluding tert-OH is 2. The summed E-state index contributed by atoms with van der Waals surface area (Å²) in [5, 5.41) is 21.3. The molecule has 0 bridgehead atoms. The maximum absolute atomic E-state index is 10.7. The Kier molecular flexibility index (Phi) is 24.4. The van der Waals surface area contributed by atoms with E-state index in [1.807, 2.05) is 6.08 Å². The molecule has 212 valence electrons. The number of ether oxygens (including phenoxy) is 2.